The number of aliphatic hydroxyl groups is 2. The first-order chi connectivity index (χ1) is 17.0. The molecule has 0 aliphatic rings. The lowest BCUT2D eigenvalue weighted by Crippen LogP contribution is -2.37. The predicted octanol–water partition coefficient (Wildman–Crippen LogP) is 4.15. The molecule has 0 aromatic rings. The number of hydrogen-bond donors (Lipinski definition) is 3. The number of rotatable bonds is 17. The molecule has 0 fully saturated rings. The molecule has 0 bridgehead atoms. The van der Waals surface area contributed by atoms with Crippen LogP contribution in [0.3, 0.4) is 0 Å². The molecule has 0 unspecified atom stereocenters. The Labute approximate surface area is 157 Å². The molecule has 2 atom stereocenters. The maximum atomic E-state index is 10.5. The van der Waals surface area contributed by atoms with E-state index in [0.717, 1.165) is 25.7 Å². The molecular weight excluding hydrogens is 262 g/mol. The highest BCUT2D eigenvalue weighted by Crippen LogP contribution is 2.13. The highest BCUT2D eigenvalue weighted by atomic mass is 16.3. The highest BCUT2D eigenvalue weighted by Gasteiger charge is 2.12. The van der Waals surface area contributed by atoms with Gasteiger partial charge in [0.05, 0.1) is 24.1 Å². The van der Waals surface area contributed by atoms with Crippen molar-refractivity contribution in [3.63, 3.8) is 0 Å². The first kappa shape index (κ1) is 5.75. The third-order valence-corrected chi connectivity index (χ3v) is 2.69. The lowest BCUT2D eigenvalue weighted by molar-refractivity contribution is 0.0990. The number of nitrogens with two attached hydrogens (primary N) is 1. The van der Waals surface area contributed by atoms with Crippen LogP contribution in [0.2, 0.25) is 2.82 Å². The van der Waals surface area contributed by atoms with Gasteiger partial charge in [0.1, 0.15) is 2.82 Å². The second kappa shape index (κ2) is 16.3. The van der Waals surface area contributed by atoms with E-state index in [2.05, 4.69) is 0 Å². The van der Waals surface area contributed by atoms with Crippen LogP contribution in [0, 0.1) is 0 Å². The van der Waals surface area contributed by atoms with E-state index in [1.165, 1.54) is 0 Å². The molecule has 0 aliphatic carbocycles. The van der Waals surface area contributed by atoms with Gasteiger partial charge in [-0.3, -0.25) is 0 Å². The summed E-state index contributed by atoms with van der Waals surface area (Å²) in [6.07, 6.45) is -25.1. The van der Waals surface area contributed by atoms with Gasteiger partial charge in [-0.25, -0.2) is 0 Å². The van der Waals surface area contributed by atoms with Crippen molar-refractivity contribution in [1.29, 1.82) is 0 Å². The van der Waals surface area contributed by atoms with Gasteiger partial charge >= 0.3 is 0 Å². The third kappa shape index (κ3) is 14.6. The van der Waals surface area contributed by atoms with Crippen LogP contribution < -0.4 is 5.72 Å². The van der Waals surface area contributed by atoms with Crippen molar-refractivity contribution in [3.05, 3.63) is 0 Å². The topological polar surface area (TPSA) is 66.5 Å². The molecule has 0 heterocycles. The van der Waals surface area contributed by atoms with Gasteiger partial charge in [0, 0.05) is 16.4 Å². The van der Waals surface area contributed by atoms with Crippen LogP contribution >= 0.6 is 0 Å². The van der Waals surface area contributed by atoms with Crippen molar-refractivity contribution in [1.82, 2.24) is 0 Å². The van der Waals surface area contributed by atoms with Crippen molar-refractivity contribution in [2.75, 3.05) is 6.56 Å². The van der Waals surface area contributed by atoms with Crippen LogP contribution in [-0.2, 0) is 0 Å². The van der Waals surface area contributed by atoms with Gasteiger partial charge < -0.3 is 15.9 Å². The van der Waals surface area contributed by atoms with Crippen molar-refractivity contribution in [2.45, 2.75) is 109 Å². The van der Waals surface area contributed by atoms with Crippen LogP contribution in [0.5, 0.6) is 0 Å². The first-order valence-corrected chi connectivity index (χ1v) is 7.23. The Hall–Kier alpha value is -0.120. The Kier molecular flexibility index (Phi) is 4.45. The molecule has 0 radical (unpaired) electrons. The number of hydrogen-bond acceptors (Lipinski definition) is 3. The van der Waals surface area contributed by atoms with E-state index in [9.17, 15) is 10.2 Å². The van der Waals surface area contributed by atoms with E-state index >= 15 is 0 Å². The molecule has 0 spiro atoms. The molecule has 0 aromatic carbocycles. The molecule has 0 saturated carbocycles. The molecule has 3 nitrogen and oxygen atoms in total. The fourth-order valence-corrected chi connectivity index (χ4v) is 1.54. The van der Waals surface area contributed by atoms with Crippen molar-refractivity contribution in [2.24, 2.45) is 5.72 Å². The molecule has 0 aromatic heterocycles. The second-order valence-electron chi connectivity index (χ2n) is 4.48. The Bertz CT molecular complexity index is 797. The minimum absolute atomic E-state index is 0.0771. The second-order valence-corrected chi connectivity index (χ2v) is 4.48. The molecule has 0 rings (SSSR count). The first-order valence-electron chi connectivity index (χ1n) is 16.1. The van der Waals surface area contributed by atoms with Crippen LogP contribution in [0.4, 0.5) is 0 Å². The zero-order valence-corrected chi connectivity index (χ0v) is 12.5. The molecule has 0 amide bonds. The normalized spacial score (nSPS) is 34.9. The Morgan fingerprint density at radius 1 is 0.952 bits per heavy atom. The van der Waals surface area contributed by atoms with Crippen molar-refractivity contribution >= 4 is 0 Å². The summed E-state index contributed by atoms with van der Waals surface area (Å²) in [7, 11) is 0. The van der Waals surface area contributed by atoms with E-state index < -0.39 is 69.0 Å². The van der Waals surface area contributed by atoms with Crippen molar-refractivity contribution < 1.29 is 35.0 Å². The molecule has 3 heteroatoms. The zero-order chi connectivity index (χ0) is 31.7. The largest absolute Gasteiger partial charge is 0.395 e. The summed E-state index contributed by atoms with van der Waals surface area (Å²) in [4.78, 5) is 0. The predicted molar refractivity (Wildman–Crippen MR) is 91.4 cm³/mol. The average molecular weight is 320 g/mol. The summed E-state index contributed by atoms with van der Waals surface area (Å²) in [5.74, 6) is 0. The third-order valence-electron chi connectivity index (χ3n) is 2.69. The van der Waals surface area contributed by atoms with Gasteiger partial charge in [0.25, 0.3) is 0 Å². The SMILES string of the molecule is [2H]N([2H])[C@@]([2H])(C([2H])([2H])O)[C@]([2H])(O)C([2H])([2H])C([2H])([2H])C([2H])([2H])C([2H])([2H])C([2H])([2H])C([2H])([2H])CCCCCCCCC. The van der Waals surface area contributed by atoms with Gasteiger partial charge in [-0.2, -0.15) is 0 Å². The fourth-order valence-electron chi connectivity index (χ4n) is 1.54. The lowest BCUT2D eigenvalue weighted by atomic mass is 10.0. The maximum Gasteiger partial charge on any atom is 0.119 e. The highest BCUT2D eigenvalue weighted by molar-refractivity contribution is 4.70. The summed E-state index contributed by atoms with van der Waals surface area (Å²) < 4.78 is 142. The molecule has 0 saturated heterocycles. The van der Waals surface area contributed by atoms with Gasteiger partial charge in [0.2, 0.25) is 0 Å². The van der Waals surface area contributed by atoms with E-state index in [0.29, 0.717) is 12.8 Å². The minimum atomic E-state index is -4.71. The summed E-state index contributed by atoms with van der Waals surface area (Å²) in [6.45, 7) is -2.25. The van der Waals surface area contributed by atoms with E-state index in [4.69, 9.17) is 24.8 Å². The quantitative estimate of drug-likeness (QED) is 0.353. The van der Waals surface area contributed by atoms with Crippen LogP contribution in [-0.4, -0.2) is 28.9 Å². The zero-order valence-electron chi connectivity index (χ0n) is 30.5. The van der Waals surface area contributed by atoms with Gasteiger partial charge in [-0.1, -0.05) is 90.2 Å². The minimum Gasteiger partial charge on any atom is -0.395 e. The van der Waals surface area contributed by atoms with Gasteiger partial charge in [0.15, 0.2) is 0 Å². The lowest BCUT2D eigenvalue weighted by Gasteiger charge is -2.15. The smallest absolute Gasteiger partial charge is 0.119 e. The summed E-state index contributed by atoms with van der Waals surface area (Å²) >= 11 is 0. The Morgan fingerprint density at radius 2 is 1.52 bits per heavy atom. The molecule has 21 heavy (non-hydrogen) atoms. The fraction of sp³-hybridized carbons (Fsp3) is 1.00. The molecule has 0 aliphatic heterocycles. The monoisotopic (exact) mass is 319 g/mol. The van der Waals surface area contributed by atoms with Crippen LogP contribution in [0.1, 0.15) is 118 Å². The number of unbranched alkanes of at least 4 members (excludes halogenated alkanes) is 6. The Balaban J connectivity index is 6.45. The van der Waals surface area contributed by atoms with Crippen molar-refractivity contribution in [3.8, 4) is 0 Å². The van der Waals surface area contributed by atoms with Gasteiger partial charge in [-0.05, 0) is 6.37 Å². The summed E-state index contributed by atoms with van der Waals surface area (Å²) in [6, 6.07) is -4.37. The Morgan fingerprint density at radius 3 is 2.14 bits per heavy atom. The van der Waals surface area contributed by atoms with E-state index in [1.807, 2.05) is 6.92 Å². The maximum absolute atomic E-state index is 10.5. The standard InChI is InChI=1S/C18H39NO2/c1-2-3-4-5-6-7-8-9-10-11-12-13-14-15-18(21)17(19)16-20/h17-18,20-21H,2-16,19H2,1H3/t17-,18+/m0/s1/i10D2,11D2,12D2,13D2,14D2,15D2,16D2,17D,18D/hD2. The molecule has 4 N–H and O–H groups in total. The van der Waals surface area contributed by atoms with E-state index in [-0.39, 0.29) is 6.42 Å². The van der Waals surface area contributed by atoms with Crippen LogP contribution in [0.25, 0.3) is 0 Å². The van der Waals surface area contributed by atoms with Gasteiger partial charge in [-0.15, -0.1) is 0 Å². The summed E-state index contributed by atoms with van der Waals surface area (Å²) in [5.41, 5.74) is -1.14. The summed E-state index contributed by atoms with van der Waals surface area (Å²) in [5, 5.41) is 20.2. The molecule has 128 valence electrons. The van der Waals surface area contributed by atoms with E-state index in [1.54, 1.807) is 0 Å². The molecular formula is C18H39NO2. The average Bonchev–Trinajstić information content (AvgIpc) is 2.75. The van der Waals surface area contributed by atoms with Crippen LogP contribution in [0.15, 0.2) is 0 Å².